The molecule has 1 aromatic heterocycles. The zero-order valence-electron chi connectivity index (χ0n) is 15.0. The quantitative estimate of drug-likeness (QED) is 0.694. The molecule has 0 aliphatic carbocycles. The van der Waals surface area contributed by atoms with Crippen LogP contribution in [0, 0.1) is 6.92 Å². The smallest absolute Gasteiger partial charge is 0.229 e. The van der Waals surface area contributed by atoms with E-state index < -0.39 is 0 Å². The second-order valence-electron chi connectivity index (χ2n) is 6.39. The average molecular weight is 332 g/mol. The van der Waals surface area contributed by atoms with Gasteiger partial charge in [0.25, 0.3) is 0 Å². The van der Waals surface area contributed by atoms with Crippen molar-refractivity contribution in [1.82, 2.24) is 9.97 Å². The van der Waals surface area contributed by atoms with Crippen LogP contribution in [0.3, 0.4) is 0 Å². The number of nitrogens with zero attached hydrogens (tertiary/aromatic N) is 3. The number of hydrogen-bond donors (Lipinski definition) is 1. The fourth-order valence-electron chi connectivity index (χ4n) is 2.71. The molecule has 0 bridgehead atoms. The predicted octanol–water partition coefficient (Wildman–Crippen LogP) is 4.94. The van der Waals surface area contributed by atoms with Gasteiger partial charge in [0.05, 0.1) is 0 Å². The first-order chi connectivity index (χ1) is 12.1. The monoisotopic (exact) mass is 332 g/mol. The molecule has 0 aliphatic rings. The largest absolute Gasteiger partial charge is 0.350 e. The molecule has 2 aromatic carbocycles. The summed E-state index contributed by atoms with van der Waals surface area (Å²) in [6.45, 7) is 7.25. The summed E-state index contributed by atoms with van der Waals surface area (Å²) in [6.07, 6.45) is 1.81. The molecule has 0 saturated heterocycles. The molecule has 0 amide bonds. The van der Waals surface area contributed by atoms with Crippen LogP contribution in [0.1, 0.15) is 25.0 Å². The molecule has 0 fully saturated rings. The van der Waals surface area contributed by atoms with E-state index in [2.05, 4.69) is 66.3 Å². The maximum Gasteiger partial charge on any atom is 0.229 e. The highest BCUT2D eigenvalue weighted by Gasteiger charge is 2.14. The Kier molecular flexibility index (Phi) is 5.29. The van der Waals surface area contributed by atoms with Crippen molar-refractivity contribution in [1.29, 1.82) is 0 Å². The van der Waals surface area contributed by atoms with Crippen LogP contribution in [0.15, 0.2) is 66.9 Å². The van der Waals surface area contributed by atoms with Gasteiger partial charge >= 0.3 is 0 Å². The summed E-state index contributed by atoms with van der Waals surface area (Å²) < 4.78 is 0. The normalized spacial score (nSPS) is 10.7. The van der Waals surface area contributed by atoms with Crippen LogP contribution in [0.4, 0.5) is 17.5 Å². The van der Waals surface area contributed by atoms with Crippen molar-refractivity contribution in [2.75, 3.05) is 10.2 Å². The van der Waals surface area contributed by atoms with Gasteiger partial charge < -0.3 is 10.2 Å². The number of aryl methyl sites for hydroxylation is 1. The zero-order chi connectivity index (χ0) is 17.6. The Morgan fingerprint density at radius 1 is 0.960 bits per heavy atom. The Morgan fingerprint density at radius 3 is 2.40 bits per heavy atom. The fourth-order valence-corrected chi connectivity index (χ4v) is 2.71. The van der Waals surface area contributed by atoms with E-state index in [1.807, 2.05) is 36.5 Å². The van der Waals surface area contributed by atoms with Gasteiger partial charge in [-0.15, -0.1) is 0 Å². The predicted molar refractivity (Wildman–Crippen MR) is 104 cm³/mol. The van der Waals surface area contributed by atoms with E-state index in [0.29, 0.717) is 12.0 Å². The zero-order valence-corrected chi connectivity index (χ0v) is 15.0. The Morgan fingerprint density at radius 2 is 1.68 bits per heavy atom. The molecule has 0 unspecified atom stereocenters. The van der Waals surface area contributed by atoms with Crippen LogP contribution in [0.2, 0.25) is 0 Å². The van der Waals surface area contributed by atoms with Gasteiger partial charge in [-0.05, 0) is 44.0 Å². The summed E-state index contributed by atoms with van der Waals surface area (Å²) in [7, 11) is 0. The van der Waals surface area contributed by atoms with Crippen LogP contribution in [-0.2, 0) is 6.54 Å². The Labute approximate surface area is 149 Å². The number of nitrogens with one attached hydrogen (secondary N) is 1. The first-order valence-electron chi connectivity index (χ1n) is 8.60. The third-order valence-corrected chi connectivity index (χ3v) is 4.15. The molecule has 25 heavy (non-hydrogen) atoms. The number of aromatic nitrogens is 2. The van der Waals surface area contributed by atoms with E-state index in [4.69, 9.17) is 4.98 Å². The molecule has 128 valence electrons. The minimum Gasteiger partial charge on any atom is -0.350 e. The lowest BCUT2D eigenvalue weighted by Crippen LogP contribution is -2.31. The van der Waals surface area contributed by atoms with Crippen molar-refractivity contribution in [3.05, 3.63) is 78.0 Å². The Hall–Kier alpha value is -2.88. The molecule has 0 atom stereocenters. The SMILES string of the molecule is Cc1ccccc1Nc1nccc(N(Cc2ccccc2)C(C)C)n1. The van der Waals surface area contributed by atoms with Gasteiger partial charge in [-0.3, -0.25) is 0 Å². The lowest BCUT2D eigenvalue weighted by Gasteiger charge is -2.28. The average Bonchev–Trinajstić information content (AvgIpc) is 2.62. The first kappa shape index (κ1) is 17.0. The lowest BCUT2D eigenvalue weighted by molar-refractivity contribution is 0.672. The molecule has 0 saturated carbocycles. The van der Waals surface area contributed by atoms with E-state index in [-0.39, 0.29) is 0 Å². The highest BCUT2D eigenvalue weighted by molar-refractivity contribution is 5.59. The van der Waals surface area contributed by atoms with Gasteiger partial charge in [0.15, 0.2) is 0 Å². The van der Waals surface area contributed by atoms with Gasteiger partial charge in [0.2, 0.25) is 5.95 Å². The van der Waals surface area contributed by atoms with Gasteiger partial charge in [-0.25, -0.2) is 4.98 Å². The van der Waals surface area contributed by atoms with Crippen LogP contribution in [-0.4, -0.2) is 16.0 Å². The summed E-state index contributed by atoms with van der Waals surface area (Å²) in [5.74, 6) is 1.54. The molecule has 3 aromatic rings. The highest BCUT2D eigenvalue weighted by Crippen LogP contribution is 2.21. The minimum absolute atomic E-state index is 0.335. The number of hydrogen-bond acceptors (Lipinski definition) is 4. The third-order valence-electron chi connectivity index (χ3n) is 4.15. The van der Waals surface area contributed by atoms with Crippen molar-refractivity contribution in [2.24, 2.45) is 0 Å². The van der Waals surface area contributed by atoms with Crippen molar-refractivity contribution in [3.63, 3.8) is 0 Å². The van der Waals surface area contributed by atoms with Crippen molar-refractivity contribution in [3.8, 4) is 0 Å². The second-order valence-corrected chi connectivity index (χ2v) is 6.39. The van der Waals surface area contributed by atoms with Crippen LogP contribution < -0.4 is 10.2 Å². The summed E-state index contributed by atoms with van der Waals surface area (Å²) in [6, 6.07) is 20.9. The van der Waals surface area contributed by atoms with Gasteiger partial charge in [0.1, 0.15) is 5.82 Å². The van der Waals surface area contributed by atoms with Crippen molar-refractivity contribution in [2.45, 2.75) is 33.4 Å². The molecule has 0 spiro atoms. The third kappa shape index (κ3) is 4.35. The lowest BCUT2D eigenvalue weighted by atomic mass is 10.2. The van der Waals surface area contributed by atoms with E-state index in [0.717, 1.165) is 18.1 Å². The molecule has 4 heteroatoms. The molecule has 1 N–H and O–H groups in total. The van der Waals surface area contributed by atoms with E-state index >= 15 is 0 Å². The van der Waals surface area contributed by atoms with E-state index in [9.17, 15) is 0 Å². The summed E-state index contributed by atoms with van der Waals surface area (Å²) in [5, 5.41) is 3.32. The van der Waals surface area contributed by atoms with Crippen LogP contribution in [0.5, 0.6) is 0 Å². The number of rotatable bonds is 6. The Bertz CT molecular complexity index is 815. The van der Waals surface area contributed by atoms with E-state index in [1.54, 1.807) is 0 Å². The van der Waals surface area contributed by atoms with Crippen molar-refractivity contribution >= 4 is 17.5 Å². The van der Waals surface area contributed by atoms with Gasteiger partial charge in [-0.2, -0.15) is 4.98 Å². The number of anilines is 3. The highest BCUT2D eigenvalue weighted by atomic mass is 15.2. The molecule has 3 rings (SSSR count). The molecule has 4 nitrogen and oxygen atoms in total. The van der Waals surface area contributed by atoms with E-state index in [1.165, 1.54) is 11.1 Å². The summed E-state index contributed by atoms with van der Waals surface area (Å²) in [4.78, 5) is 11.4. The fraction of sp³-hybridized carbons (Fsp3) is 0.238. The maximum atomic E-state index is 4.73. The van der Waals surface area contributed by atoms with Crippen LogP contribution >= 0.6 is 0 Å². The first-order valence-corrected chi connectivity index (χ1v) is 8.60. The summed E-state index contributed by atoms with van der Waals surface area (Å²) >= 11 is 0. The van der Waals surface area contributed by atoms with Crippen molar-refractivity contribution < 1.29 is 0 Å². The topological polar surface area (TPSA) is 41.1 Å². The molecular formula is C21H24N4. The second kappa shape index (κ2) is 7.79. The van der Waals surface area contributed by atoms with Gasteiger partial charge in [-0.1, -0.05) is 48.5 Å². The standard InChI is InChI=1S/C21H24N4/c1-16(2)25(15-18-10-5-4-6-11-18)20-13-14-22-21(24-20)23-19-12-8-7-9-17(19)3/h4-14,16H,15H2,1-3H3,(H,22,23,24). The minimum atomic E-state index is 0.335. The molecule has 0 radical (unpaired) electrons. The maximum absolute atomic E-state index is 4.73. The molecule has 0 aliphatic heterocycles. The molecular weight excluding hydrogens is 308 g/mol. The number of benzene rings is 2. The van der Waals surface area contributed by atoms with Crippen LogP contribution in [0.25, 0.3) is 0 Å². The Balaban J connectivity index is 1.84. The summed E-state index contributed by atoms with van der Waals surface area (Å²) in [5.41, 5.74) is 3.46. The number of para-hydroxylation sites is 1. The molecule has 1 heterocycles. The van der Waals surface area contributed by atoms with Gasteiger partial charge in [0, 0.05) is 24.5 Å².